The highest BCUT2D eigenvalue weighted by molar-refractivity contribution is 5.97. The van der Waals surface area contributed by atoms with Gasteiger partial charge >= 0.3 is 5.95 Å². The van der Waals surface area contributed by atoms with E-state index < -0.39 is 11.7 Å². The monoisotopic (exact) mass is 362 g/mol. The summed E-state index contributed by atoms with van der Waals surface area (Å²) in [7, 11) is 0. The van der Waals surface area contributed by atoms with E-state index in [1.165, 1.54) is 6.20 Å². The Morgan fingerprint density at radius 2 is 2.12 bits per heavy atom. The van der Waals surface area contributed by atoms with Crippen LogP contribution in [0.15, 0.2) is 6.20 Å². The minimum atomic E-state index is -1.27. The first-order chi connectivity index (χ1) is 12.4. The van der Waals surface area contributed by atoms with Gasteiger partial charge in [0.05, 0.1) is 12.3 Å². The van der Waals surface area contributed by atoms with E-state index in [0.717, 1.165) is 38.6 Å². The van der Waals surface area contributed by atoms with Crippen LogP contribution in [0.2, 0.25) is 0 Å². The summed E-state index contributed by atoms with van der Waals surface area (Å²) in [5.74, 6) is -1.03. The number of hydrogen-bond donors (Lipinski definition) is 3. The molecule has 1 aromatic heterocycles. The Hall–Kier alpha value is -1.80. The second kappa shape index (κ2) is 5.13. The lowest BCUT2D eigenvalue weighted by Crippen LogP contribution is -2.45. The molecular formula is C18H25FN5O2+. The molecule has 7 nitrogen and oxygen atoms in total. The fraction of sp³-hybridized carbons (Fsp3) is 0.722. The van der Waals surface area contributed by atoms with E-state index in [4.69, 9.17) is 5.73 Å². The van der Waals surface area contributed by atoms with E-state index in [9.17, 15) is 9.90 Å². The highest BCUT2D eigenvalue weighted by Crippen LogP contribution is 2.71. The van der Waals surface area contributed by atoms with Gasteiger partial charge in [0, 0.05) is 31.7 Å². The Morgan fingerprint density at radius 1 is 1.35 bits per heavy atom. The third-order valence-electron chi connectivity index (χ3n) is 7.24. The van der Waals surface area contributed by atoms with Crippen LogP contribution in [0, 0.1) is 0 Å². The summed E-state index contributed by atoms with van der Waals surface area (Å²) >= 11 is 0. The van der Waals surface area contributed by atoms with Gasteiger partial charge in [0.25, 0.3) is 5.91 Å². The summed E-state index contributed by atoms with van der Waals surface area (Å²) in [5, 5.41) is 13.2. The number of alkyl halides is 1. The molecule has 3 atom stereocenters. The maximum absolute atomic E-state index is 15.5. The van der Waals surface area contributed by atoms with Gasteiger partial charge < -0.3 is 16.2 Å². The minimum absolute atomic E-state index is 0.0254. The van der Waals surface area contributed by atoms with E-state index in [1.54, 1.807) is 0 Å². The molecule has 1 unspecified atom stereocenters. The van der Waals surface area contributed by atoms with Crippen LogP contribution in [0.3, 0.4) is 0 Å². The summed E-state index contributed by atoms with van der Waals surface area (Å²) in [6.07, 6.45) is 7.18. The molecule has 140 valence electrons. The lowest BCUT2D eigenvalue weighted by atomic mass is 9.89. The number of nitrogens with two attached hydrogens (primary N) is 1. The molecule has 3 saturated heterocycles. The van der Waals surface area contributed by atoms with Gasteiger partial charge in [0.15, 0.2) is 5.54 Å². The van der Waals surface area contributed by atoms with Crippen LogP contribution < -0.4 is 15.5 Å². The topological polar surface area (TPSA) is 101 Å². The Morgan fingerprint density at radius 3 is 2.69 bits per heavy atom. The number of hydrogen-bond acceptors (Lipinski definition) is 5. The maximum atomic E-state index is 15.5. The third-order valence-corrected chi connectivity index (χ3v) is 7.24. The Bertz CT molecular complexity index is 779. The van der Waals surface area contributed by atoms with Gasteiger partial charge in [-0.2, -0.15) is 14.4 Å². The third kappa shape index (κ3) is 1.97. The zero-order valence-corrected chi connectivity index (χ0v) is 14.7. The Kier molecular flexibility index (Phi) is 3.23. The number of aliphatic hydroxyl groups is 1. The van der Waals surface area contributed by atoms with Crippen LogP contribution in [0.1, 0.15) is 61.7 Å². The lowest BCUT2D eigenvalue weighted by Gasteiger charge is -2.29. The van der Waals surface area contributed by atoms with E-state index >= 15 is 4.39 Å². The van der Waals surface area contributed by atoms with Crippen molar-refractivity contribution in [2.75, 3.05) is 11.9 Å². The molecule has 1 amide bonds. The number of halogens is 1. The van der Waals surface area contributed by atoms with E-state index in [1.807, 2.05) is 0 Å². The number of amides is 1. The molecular weight excluding hydrogens is 337 g/mol. The van der Waals surface area contributed by atoms with Crippen molar-refractivity contribution in [3.05, 3.63) is 11.8 Å². The summed E-state index contributed by atoms with van der Waals surface area (Å²) < 4.78 is 15.7. The minimum Gasteiger partial charge on any atom is -0.393 e. The molecule has 2 bridgehead atoms. The van der Waals surface area contributed by atoms with Crippen molar-refractivity contribution in [3.63, 3.8) is 0 Å². The zero-order chi connectivity index (χ0) is 18.2. The van der Waals surface area contributed by atoms with Crippen molar-refractivity contribution in [3.8, 4) is 0 Å². The molecule has 5 rings (SSSR count). The van der Waals surface area contributed by atoms with Gasteiger partial charge in [-0.25, -0.2) is 4.48 Å². The van der Waals surface area contributed by atoms with Gasteiger partial charge in [-0.1, -0.05) is 0 Å². The molecule has 8 heteroatoms. The largest absolute Gasteiger partial charge is 0.393 e. The molecule has 3 aliphatic heterocycles. The number of aromatic nitrogens is 2. The molecule has 1 aromatic rings. The summed E-state index contributed by atoms with van der Waals surface area (Å²) in [4.78, 5) is 20.8. The molecule has 4 fully saturated rings. The smallest absolute Gasteiger partial charge is 0.334 e. The summed E-state index contributed by atoms with van der Waals surface area (Å²) in [6.45, 7) is 0.751. The van der Waals surface area contributed by atoms with Gasteiger partial charge in [0.2, 0.25) is 5.79 Å². The van der Waals surface area contributed by atoms with Crippen LogP contribution in [0.25, 0.3) is 0 Å². The maximum Gasteiger partial charge on any atom is 0.334 e. The summed E-state index contributed by atoms with van der Waals surface area (Å²) in [6, 6.07) is 0.0254. The number of piperidine rings is 2. The van der Waals surface area contributed by atoms with Crippen LogP contribution in [-0.4, -0.2) is 51.0 Å². The normalized spacial score (nSPS) is 43.2. The number of primary amides is 1. The molecule has 0 spiro atoms. The summed E-state index contributed by atoms with van der Waals surface area (Å²) in [5.41, 5.74) is 5.68. The van der Waals surface area contributed by atoms with Gasteiger partial charge in [0.1, 0.15) is 17.9 Å². The number of rotatable bonds is 4. The standard InChI is InChI=1S/C18H24FN5O2/c19-18-6-4-17(5-7-18)10-24(17,18)16-21-9-13(14(20)26)15(23-16)22-11-2-1-3-12(25)8-11/h9,11-12,25H,1-8,10H2,(H2-,20,21,22,23,26)/p+1/t11-,12+,17?,18?,24?/m1/s1. The number of nitrogens with one attached hydrogen (secondary N) is 1. The van der Waals surface area contributed by atoms with Crippen molar-refractivity contribution < 1.29 is 14.3 Å². The SMILES string of the molecule is NC(=O)c1cnc([N+]23CC24CCC3(F)CC4)nc1N[C@@H]1CCC[C@H](O)C1. The van der Waals surface area contributed by atoms with Crippen LogP contribution in [-0.2, 0) is 0 Å². The van der Waals surface area contributed by atoms with Crippen LogP contribution in [0.5, 0.6) is 0 Å². The number of carbonyl (C=O) groups excluding carboxylic acids is 1. The number of anilines is 1. The average Bonchev–Trinajstić information content (AvgIpc) is 3.14. The molecule has 1 saturated carbocycles. The Labute approximate surface area is 151 Å². The van der Waals surface area contributed by atoms with E-state index in [0.29, 0.717) is 31.0 Å². The number of quaternary nitrogens is 1. The van der Waals surface area contributed by atoms with Crippen LogP contribution in [0.4, 0.5) is 16.2 Å². The number of aliphatic hydroxyl groups excluding tert-OH is 1. The molecule has 0 radical (unpaired) electrons. The predicted octanol–water partition coefficient (Wildman–Crippen LogP) is 1.60. The first-order valence-corrected chi connectivity index (χ1v) is 9.58. The van der Waals surface area contributed by atoms with Crippen molar-refractivity contribution in [2.45, 2.75) is 74.8 Å². The first kappa shape index (κ1) is 16.4. The number of carbonyl (C=O) groups is 1. The van der Waals surface area contributed by atoms with Crippen molar-refractivity contribution >= 4 is 17.7 Å². The Balaban J connectivity index is 1.51. The first-order valence-electron chi connectivity index (χ1n) is 9.58. The second-order valence-electron chi connectivity index (χ2n) is 8.57. The van der Waals surface area contributed by atoms with Gasteiger partial charge in [-0.15, -0.1) is 0 Å². The van der Waals surface area contributed by atoms with Crippen molar-refractivity contribution in [1.82, 2.24) is 14.5 Å². The number of nitrogens with zero attached hydrogens (tertiary/aromatic N) is 3. The second-order valence-corrected chi connectivity index (χ2v) is 8.57. The predicted molar refractivity (Wildman–Crippen MR) is 94.1 cm³/mol. The van der Waals surface area contributed by atoms with Gasteiger partial charge in [-0.05, 0) is 25.7 Å². The fourth-order valence-electron chi connectivity index (χ4n) is 5.79. The average molecular weight is 362 g/mol. The lowest BCUT2D eigenvalue weighted by molar-refractivity contribution is 0.0669. The quantitative estimate of drug-likeness (QED) is 0.429. The van der Waals surface area contributed by atoms with E-state index in [-0.39, 0.29) is 27.7 Å². The zero-order valence-electron chi connectivity index (χ0n) is 14.7. The molecule has 1 aliphatic carbocycles. The highest BCUT2D eigenvalue weighted by atomic mass is 19.1. The molecule has 4 N–H and O–H groups in total. The molecule has 0 aromatic carbocycles. The molecule has 26 heavy (non-hydrogen) atoms. The van der Waals surface area contributed by atoms with Crippen molar-refractivity contribution in [2.24, 2.45) is 5.73 Å². The highest BCUT2D eigenvalue weighted by Gasteiger charge is 2.89. The van der Waals surface area contributed by atoms with Gasteiger partial charge in [-0.3, -0.25) is 4.79 Å². The van der Waals surface area contributed by atoms with Crippen LogP contribution >= 0.6 is 0 Å². The molecule has 4 heterocycles. The molecule has 4 aliphatic rings. The van der Waals surface area contributed by atoms with E-state index in [2.05, 4.69) is 15.3 Å². The fourth-order valence-corrected chi connectivity index (χ4v) is 5.79. The van der Waals surface area contributed by atoms with Crippen molar-refractivity contribution in [1.29, 1.82) is 0 Å².